The molecule has 0 aromatic heterocycles. The number of hydrogen-bond acceptors (Lipinski definition) is 2. The molecule has 4 nitrogen and oxygen atoms in total. The van der Waals surface area contributed by atoms with E-state index >= 15 is 0 Å². The molecule has 0 radical (unpaired) electrons. The Morgan fingerprint density at radius 3 is 2.21 bits per heavy atom. The molecule has 2 amide bonds. The summed E-state index contributed by atoms with van der Waals surface area (Å²) in [6, 6.07) is 0. The minimum Gasteiger partial charge on any atom is -0.342 e. The molecule has 0 spiro atoms. The van der Waals surface area contributed by atoms with Gasteiger partial charge in [0.2, 0.25) is 11.8 Å². The van der Waals surface area contributed by atoms with Crippen LogP contribution < -0.4 is 0 Å². The van der Waals surface area contributed by atoms with Crippen LogP contribution in [0.4, 0.5) is 0 Å². The number of carbonyl (C=O) groups is 2. The van der Waals surface area contributed by atoms with Crippen molar-refractivity contribution in [2.75, 3.05) is 26.2 Å². The summed E-state index contributed by atoms with van der Waals surface area (Å²) < 4.78 is 0. The average Bonchev–Trinajstić information content (AvgIpc) is 2.75. The van der Waals surface area contributed by atoms with Crippen LogP contribution in [0.1, 0.15) is 51.9 Å². The Morgan fingerprint density at radius 1 is 0.947 bits per heavy atom. The van der Waals surface area contributed by atoms with Crippen LogP contribution in [0.15, 0.2) is 0 Å². The molecule has 0 saturated carbocycles. The Balaban J connectivity index is 1.92. The summed E-state index contributed by atoms with van der Waals surface area (Å²) in [4.78, 5) is 28.2. The molecule has 1 unspecified atom stereocenters. The van der Waals surface area contributed by atoms with Crippen LogP contribution in [0.25, 0.3) is 0 Å². The van der Waals surface area contributed by atoms with Gasteiger partial charge in [-0.25, -0.2) is 0 Å². The Bertz CT molecular complexity index is 322. The van der Waals surface area contributed by atoms with Crippen molar-refractivity contribution in [1.82, 2.24) is 9.80 Å². The first kappa shape index (κ1) is 14.4. The van der Waals surface area contributed by atoms with Crippen LogP contribution in [0, 0.1) is 5.92 Å². The first-order valence-electron chi connectivity index (χ1n) is 7.79. The zero-order valence-corrected chi connectivity index (χ0v) is 12.1. The van der Waals surface area contributed by atoms with Gasteiger partial charge in [0.25, 0.3) is 0 Å². The zero-order chi connectivity index (χ0) is 13.7. The van der Waals surface area contributed by atoms with E-state index in [1.807, 2.05) is 16.7 Å². The summed E-state index contributed by atoms with van der Waals surface area (Å²) in [7, 11) is 0. The summed E-state index contributed by atoms with van der Waals surface area (Å²) in [6.07, 6.45) is 7.22. The molecule has 2 heterocycles. The van der Waals surface area contributed by atoms with Crippen molar-refractivity contribution in [1.29, 1.82) is 0 Å². The normalized spacial score (nSPS) is 25.0. The molecule has 2 rings (SSSR count). The summed E-state index contributed by atoms with van der Waals surface area (Å²) in [5.74, 6) is 0.520. The van der Waals surface area contributed by atoms with E-state index in [-0.39, 0.29) is 17.7 Å². The summed E-state index contributed by atoms with van der Waals surface area (Å²) in [5, 5.41) is 0. The quantitative estimate of drug-likeness (QED) is 0.767. The van der Waals surface area contributed by atoms with Gasteiger partial charge in [-0.15, -0.1) is 0 Å². The van der Waals surface area contributed by atoms with E-state index in [1.165, 1.54) is 12.8 Å². The maximum atomic E-state index is 12.6. The molecule has 19 heavy (non-hydrogen) atoms. The monoisotopic (exact) mass is 266 g/mol. The van der Waals surface area contributed by atoms with Gasteiger partial charge < -0.3 is 9.80 Å². The van der Waals surface area contributed by atoms with Crippen molar-refractivity contribution in [2.45, 2.75) is 51.9 Å². The number of hydrogen-bond donors (Lipinski definition) is 0. The second kappa shape index (κ2) is 6.92. The number of amides is 2. The predicted octanol–water partition coefficient (Wildman–Crippen LogP) is 2.04. The fourth-order valence-corrected chi connectivity index (χ4v) is 3.18. The van der Waals surface area contributed by atoms with Crippen LogP contribution in [0.2, 0.25) is 0 Å². The van der Waals surface area contributed by atoms with Crippen LogP contribution in [0.3, 0.4) is 0 Å². The molecule has 2 aliphatic rings. The third-order valence-corrected chi connectivity index (χ3v) is 4.34. The van der Waals surface area contributed by atoms with Gasteiger partial charge in [0.15, 0.2) is 0 Å². The molecule has 0 aliphatic carbocycles. The molecule has 2 saturated heterocycles. The lowest BCUT2D eigenvalue weighted by Crippen LogP contribution is -2.46. The summed E-state index contributed by atoms with van der Waals surface area (Å²) in [5.41, 5.74) is 0. The third-order valence-electron chi connectivity index (χ3n) is 4.34. The first-order valence-corrected chi connectivity index (χ1v) is 7.79. The minimum atomic E-state index is 0.0438. The van der Waals surface area contributed by atoms with Crippen molar-refractivity contribution in [3.05, 3.63) is 0 Å². The van der Waals surface area contributed by atoms with Crippen LogP contribution in [0.5, 0.6) is 0 Å². The highest BCUT2D eigenvalue weighted by molar-refractivity contribution is 5.81. The SMILES string of the molecule is CCC(=O)N1CCCC(C(=O)N2CCCCCC2)C1. The highest BCUT2D eigenvalue weighted by atomic mass is 16.2. The van der Waals surface area contributed by atoms with E-state index in [1.54, 1.807) is 0 Å². The number of rotatable bonds is 2. The highest BCUT2D eigenvalue weighted by Crippen LogP contribution is 2.21. The Morgan fingerprint density at radius 2 is 1.58 bits per heavy atom. The predicted molar refractivity (Wildman–Crippen MR) is 74.6 cm³/mol. The second-order valence-electron chi connectivity index (χ2n) is 5.77. The van der Waals surface area contributed by atoms with E-state index in [0.29, 0.717) is 13.0 Å². The lowest BCUT2D eigenvalue weighted by atomic mass is 9.96. The van der Waals surface area contributed by atoms with Crippen molar-refractivity contribution in [3.63, 3.8) is 0 Å². The van der Waals surface area contributed by atoms with E-state index in [2.05, 4.69) is 0 Å². The molecule has 0 aromatic carbocycles. The molecular weight excluding hydrogens is 240 g/mol. The average molecular weight is 266 g/mol. The van der Waals surface area contributed by atoms with Gasteiger partial charge in [0.1, 0.15) is 0 Å². The van der Waals surface area contributed by atoms with E-state index < -0.39 is 0 Å². The Labute approximate surface area is 116 Å². The maximum Gasteiger partial charge on any atom is 0.227 e. The van der Waals surface area contributed by atoms with Gasteiger partial charge >= 0.3 is 0 Å². The number of nitrogens with zero attached hydrogens (tertiary/aromatic N) is 2. The fourth-order valence-electron chi connectivity index (χ4n) is 3.18. The lowest BCUT2D eigenvalue weighted by Gasteiger charge is -2.34. The fraction of sp³-hybridized carbons (Fsp3) is 0.867. The van der Waals surface area contributed by atoms with Crippen LogP contribution in [-0.4, -0.2) is 47.8 Å². The summed E-state index contributed by atoms with van der Waals surface area (Å²) >= 11 is 0. The van der Waals surface area contributed by atoms with Gasteiger partial charge in [-0.2, -0.15) is 0 Å². The Kier molecular flexibility index (Phi) is 5.23. The molecule has 0 N–H and O–H groups in total. The van der Waals surface area contributed by atoms with Gasteiger partial charge in [-0.3, -0.25) is 9.59 Å². The number of piperidine rings is 1. The molecule has 4 heteroatoms. The molecule has 2 aliphatic heterocycles. The molecule has 0 bridgehead atoms. The lowest BCUT2D eigenvalue weighted by molar-refractivity contribution is -0.140. The van der Waals surface area contributed by atoms with Crippen LogP contribution >= 0.6 is 0 Å². The summed E-state index contributed by atoms with van der Waals surface area (Å²) in [6.45, 7) is 5.19. The van der Waals surface area contributed by atoms with Crippen molar-refractivity contribution in [2.24, 2.45) is 5.92 Å². The van der Waals surface area contributed by atoms with Crippen molar-refractivity contribution < 1.29 is 9.59 Å². The highest BCUT2D eigenvalue weighted by Gasteiger charge is 2.30. The van der Waals surface area contributed by atoms with E-state index in [9.17, 15) is 9.59 Å². The standard InChI is InChI=1S/C15H26N2O2/c1-2-14(18)17-11-7-8-13(12-17)15(19)16-9-5-3-4-6-10-16/h13H,2-12H2,1H3. The first-order chi connectivity index (χ1) is 9.22. The van der Waals surface area contributed by atoms with Gasteiger partial charge in [0, 0.05) is 32.6 Å². The minimum absolute atomic E-state index is 0.0438. The van der Waals surface area contributed by atoms with E-state index in [4.69, 9.17) is 0 Å². The second-order valence-corrected chi connectivity index (χ2v) is 5.77. The molecule has 0 aromatic rings. The topological polar surface area (TPSA) is 40.6 Å². The molecule has 1 atom stereocenters. The smallest absolute Gasteiger partial charge is 0.227 e. The maximum absolute atomic E-state index is 12.6. The van der Waals surface area contributed by atoms with Crippen LogP contribution in [-0.2, 0) is 9.59 Å². The zero-order valence-electron chi connectivity index (χ0n) is 12.1. The number of carbonyl (C=O) groups excluding carboxylic acids is 2. The van der Waals surface area contributed by atoms with Gasteiger partial charge in [0.05, 0.1) is 5.92 Å². The molecule has 2 fully saturated rings. The Hall–Kier alpha value is -1.06. The van der Waals surface area contributed by atoms with Gasteiger partial charge in [-0.05, 0) is 25.7 Å². The largest absolute Gasteiger partial charge is 0.342 e. The van der Waals surface area contributed by atoms with E-state index in [0.717, 1.165) is 45.3 Å². The van der Waals surface area contributed by atoms with Gasteiger partial charge in [-0.1, -0.05) is 19.8 Å². The molecular formula is C15H26N2O2. The van der Waals surface area contributed by atoms with Crippen molar-refractivity contribution in [3.8, 4) is 0 Å². The van der Waals surface area contributed by atoms with Crippen molar-refractivity contribution >= 4 is 11.8 Å². The number of likely N-dealkylation sites (tertiary alicyclic amines) is 2. The third kappa shape index (κ3) is 3.71. The molecule has 108 valence electrons.